The molecule has 2 atom stereocenters. The Labute approximate surface area is 215 Å². The SMILES string of the molecule is CCOC(=O)Cc1ccc(OC)c(-c2ccc(F)c3c2CN(C(=O)C2CC2c2ccc(F)cc2)CC3)c1. The first kappa shape index (κ1) is 24.9. The minimum Gasteiger partial charge on any atom is -0.496 e. The lowest BCUT2D eigenvalue weighted by Gasteiger charge is -2.31. The van der Waals surface area contributed by atoms with Crippen LogP contribution >= 0.6 is 0 Å². The van der Waals surface area contributed by atoms with Crippen molar-refractivity contribution in [1.29, 1.82) is 0 Å². The maximum Gasteiger partial charge on any atom is 0.310 e. The molecule has 37 heavy (non-hydrogen) atoms. The molecule has 3 aromatic rings. The molecule has 1 amide bonds. The van der Waals surface area contributed by atoms with Gasteiger partial charge in [0.05, 0.1) is 20.1 Å². The molecule has 0 N–H and O–H groups in total. The van der Waals surface area contributed by atoms with E-state index in [0.717, 1.165) is 34.2 Å². The molecule has 2 aliphatic rings. The summed E-state index contributed by atoms with van der Waals surface area (Å²) in [4.78, 5) is 27.3. The number of esters is 1. The van der Waals surface area contributed by atoms with Crippen LogP contribution in [-0.4, -0.2) is 37.0 Å². The number of carbonyl (C=O) groups is 2. The van der Waals surface area contributed by atoms with E-state index >= 15 is 0 Å². The normalized spacial score (nSPS) is 18.2. The number of rotatable bonds is 7. The number of hydrogen-bond acceptors (Lipinski definition) is 4. The molecular weight excluding hydrogens is 476 g/mol. The summed E-state index contributed by atoms with van der Waals surface area (Å²) in [6, 6.07) is 15.0. The van der Waals surface area contributed by atoms with Crippen molar-refractivity contribution in [2.45, 2.75) is 38.6 Å². The Morgan fingerprint density at radius 1 is 1.00 bits per heavy atom. The topological polar surface area (TPSA) is 55.8 Å². The lowest BCUT2D eigenvalue weighted by Crippen LogP contribution is -2.37. The van der Waals surface area contributed by atoms with Crippen LogP contribution in [0.5, 0.6) is 5.75 Å². The van der Waals surface area contributed by atoms with Gasteiger partial charge < -0.3 is 14.4 Å². The second-order valence-corrected chi connectivity index (χ2v) is 9.58. The summed E-state index contributed by atoms with van der Waals surface area (Å²) >= 11 is 0. The Bertz CT molecular complexity index is 1340. The summed E-state index contributed by atoms with van der Waals surface area (Å²) in [6.45, 7) is 2.80. The summed E-state index contributed by atoms with van der Waals surface area (Å²) < 4.78 is 38.9. The molecule has 1 heterocycles. The van der Waals surface area contributed by atoms with Crippen LogP contribution in [0.15, 0.2) is 54.6 Å². The number of halogens is 2. The number of methoxy groups -OCH3 is 1. The molecule has 2 unspecified atom stereocenters. The predicted octanol–water partition coefficient (Wildman–Crippen LogP) is 5.43. The number of fused-ring (bicyclic) bond motifs is 1. The van der Waals surface area contributed by atoms with Gasteiger partial charge in [-0.3, -0.25) is 9.59 Å². The minimum absolute atomic E-state index is 0.0400. The number of nitrogens with zero attached hydrogens (tertiary/aromatic N) is 1. The van der Waals surface area contributed by atoms with Gasteiger partial charge in [0.25, 0.3) is 0 Å². The van der Waals surface area contributed by atoms with E-state index in [-0.39, 0.29) is 41.8 Å². The predicted molar refractivity (Wildman–Crippen MR) is 135 cm³/mol. The lowest BCUT2D eigenvalue weighted by atomic mass is 9.89. The van der Waals surface area contributed by atoms with Crippen LogP contribution in [0.3, 0.4) is 0 Å². The first-order valence-corrected chi connectivity index (χ1v) is 12.6. The van der Waals surface area contributed by atoms with Gasteiger partial charge in [-0.25, -0.2) is 8.78 Å². The largest absolute Gasteiger partial charge is 0.496 e. The molecule has 192 valence electrons. The third-order valence-corrected chi connectivity index (χ3v) is 7.28. The van der Waals surface area contributed by atoms with Crippen molar-refractivity contribution in [3.05, 3.63) is 88.5 Å². The van der Waals surface area contributed by atoms with Crippen molar-refractivity contribution in [2.75, 3.05) is 20.3 Å². The van der Waals surface area contributed by atoms with Crippen LogP contribution < -0.4 is 4.74 Å². The van der Waals surface area contributed by atoms with Crippen molar-refractivity contribution in [3.8, 4) is 16.9 Å². The average Bonchev–Trinajstić information content (AvgIpc) is 3.70. The van der Waals surface area contributed by atoms with E-state index in [0.29, 0.717) is 37.4 Å². The van der Waals surface area contributed by atoms with Gasteiger partial charge in [-0.1, -0.05) is 24.3 Å². The summed E-state index contributed by atoms with van der Waals surface area (Å²) in [5, 5.41) is 0. The summed E-state index contributed by atoms with van der Waals surface area (Å²) in [5.74, 6) is -0.328. The van der Waals surface area contributed by atoms with Crippen molar-refractivity contribution in [2.24, 2.45) is 5.92 Å². The lowest BCUT2D eigenvalue weighted by molar-refractivity contribution is -0.142. The second-order valence-electron chi connectivity index (χ2n) is 9.58. The molecule has 0 saturated heterocycles. The van der Waals surface area contributed by atoms with Crippen LogP contribution in [0.25, 0.3) is 11.1 Å². The minimum atomic E-state index is -0.323. The number of carbonyl (C=O) groups excluding carboxylic acids is 2. The third kappa shape index (κ3) is 5.08. The fraction of sp³-hybridized carbons (Fsp3) is 0.333. The Balaban J connectivity index is 1.42. The van der Waals surface area contributed by atoms with Gasteiger partial charge >= 0.3 is 5.97 Å². The molecular formula is C30H29F2NO4. The maximum atomic E-state index is 14.9. The zero-order valence-corrected chi connectivity index (χ0v) is 20.9. The van der Waals surface area contributed by atoms with E-state index in [1.54, 1.807) is 43.2 Å². The molecule has 0 bridgehead atoms. The van der Waals surface area contributed by atoms with Crippen LogP contribution in [0.4, 0.5) is 8.78 Å². The molecule has 1 aliphatic heterocycles. The molecule has 0 radical (unpaired) electrons. The monoisotopic (exact) mass is 505 g/mol. The van der Waals surface area contributed by atoms with E-state index in [2.05, 4.69) is 0 Å². The molecule has 0 aromatic heterocycles. The molecule has 5 nitrogen and oxygen atoms in total. The molecule has 5 rings (SSSR count). The highest BCUT2D eigenvalue weighted by atomic mass is 19.1. The van der Waals surface area contributed by atoms with Gasteiger partial charge in [0.2, 0.25) is 5.91 Å². The highest BCUT2D eigenvalue weighted by Gasteiger charge is 2.46. The Morgan fingerprint density at radius 3 is 2.51 bits per heavy atom. The quantitative estimate of drug-likeness (QED) is 0.402. The number of ether oxygens (including phenoxy) is 2. The second kappa shape index (κ2) is 10.3. The highest BCUT2D eigenvalue weighted by Crippen LogP contribution is 2.49. The first-order valence-electron chi connectivity index (χ1n) is 12.6. The maximum absolute atomic E-state index is 14.9. The number of benzene rings is 3. The Kier molecular flexibility index (Phi) is 6.96. The highest BCUT2D eigenvalue weighted by molar-refractivity contribution is 5.84. The van der Waals surface area contributed by atoms with Crippen molar-refractivity contribution < 1.29 is 27.8 Å². The first-order chi connectivity index (χ1) is 17.9. The molecule has 1 aliphatic carbocycles. The van der Waals surface area contributed by atoms with Crippen molar-refractivity contribution >= 4 is 11.9 Å². The zero-order valence-electron chi connectivity index (χ0n) is 20.9. The van der Waals surface area contributed by atoms with Gasteiger partial charge in [0.1, 0.15) is 17.4 Å². The van der Waals surface area contributed by atoms with Crippen LogP contribution in [-0.2, 0) is 33.7 Å². The van der Waals surface area contributed by atoms with Crippen molar-refractivity contribution in [3.63, 3.8) is 0 Å². The van der Waals surface area contributed by atoms with Gasteiger partial charge in [0.15, 0.2) is 0 Å². The summed E-state index contributed by atoms with van der Waals surface area (Å²) in [6.07, 6.45) is 1.26. The van der Waals surface area contributed by atoms with E-state index in [1.165, 1.54) is 18.2 Å². The molecule has 1 saturated carbocycles. The molecule has 7 heteroatoms. The Hall–Kier alpha value is -3.74. The summed E-state index contributed by atoms with van der Waals surface area (Å²) in [7, 11) is 1.57. The third-order valence-electron chi connectivity index (χ3n) is 7.28. The summed E-state index contributed by atoms with van der Waals surface area (Å²) in [5.41, 5.74) is 4.60. The van der Waals surface area contributed by atoms with E-state index < -0.39 is 0 Å². The van der Waals surface area contributed by atoms with E-state index in [4.69, 9.17) is 9.47 Å². The molecule has 0 spiro atoms. The number of amides is 1. The average molecular weight is 506 g/mol. The number of hydrogen-bond donors (Lipinski definition) is 0. The van der Waals surface area contributed by atoms with Crippen LogP contribution in [0.2, 0.25) is 0 Å². The fourth-order valence-electron chi connectivity index (χ4n) is 5.31. The molecule has 3 aromatic carbocycles. The van der Waals surface area contributed by atoms with Gasteiger partial charge in [0, 0.05) is 24.6 Å². The van der Waals surface area contributed by atoms with Gasteiger partial charge in [-0.05, 0) is 83.8 Å². The van der Waals surface area contributed by atoms with Gasteiger partial charge in [-0.15, -0.1) is 0 Å². The van der Waals surface area contributed by atoms with E-state index in [9.17, 15) is 18.4 Å². The van der Waals surface area contributed by atoms with Crippen LogP contribution in [0, 0.1) is 17.6 Å². The standard InChI is InChI=1S/C30H29F2NO4/c1-3-37-29(34)15-18-4-11-28(36-2)24(14-18)21-9-10-27(32)22-12-13-33(17-26(21)22)30(35)25-16-23(25)19-5-7-20(31)8-6-19/h4-11,14,23,25H,3,12-13,15-17H2,1-2H3. The fourth-order valence-corrected chi connectivity index (χ4v) is 5.31. The van der Waals surface area contributed by atoms with Crippen molar-refractivity contribution in [1.82, 2.24) is 4.90 Å². The van der Waals surface area contributed by atoms with E-state index in [1.807, 2.05) is 12.1 Å². The van der Waals surface area contributed by atoms with Gasteiger partial charge in [-0.2, -0.15) is 0 Å². The zero-order chi connectivity index (χ0) is 26.1. The molecule has 1 fully saturated rings. The smallest absolute Gasteiger partial charge is 0.310 e. The van der Waals surface area contributed by atoms with Crippen LogP contribution in [0.1, 0.15) is 41.5 Å². The Morgan fingerprint density at radius 2 is 1.78 bits per heavy atom.